The van der Waals surface area contributed by atoms with Crippen LogP contribution in [0.3, 0.4) is 0 Å². The number of hydrogen-bond donors (Lipinski definition) is 1. The summed E-state index contributed by atoms with van der Waals surface area (Å²) in [4.78, 5) is 40.2. The van der Waals surface area contributed by atoms with Gasteiger partial charge in [0.15, 0.2) is 5.78 Å². The van der Waals surface area contributed by atoms with Crippen molar-refractivity contribution < 1.29 is 23.2 Å². The van der Waals surface area contributed by atoms with Crippen LogP contribution in [-0.2, 0) is 29.1 Å². The predicted molar refractivity (Wildman–Crippen MR) is 127 cm³/mol. The molecule has 6 nitrogen and oxygen atoms in total. The molecular formula is C27H27F2N3O3. The highest BCUT2D eigenvalue weighted by molar-refractivity contribution is 6.10. The summed E-state index contributed by atoms with van der Waals surface area (Å²) in [5.74, 6) is -1.21. The third-order valence-electron chi connectivity index (χ3n) is 7.07. The molecule has 35 heavy (non-hydrogen) atoms. The highest BCUT2D eigenvalue weighted by atomic mass is 19.1. The third-order valence-corrected chi connectivity index (χ3v) is 7.07. The van der Waals surface area contributed by atoms with E-state index in [9.17, 15) is 23.2 Å². The molecule has 0 bridgehead atoms. The van der Waals surface area contributed by atoms with E-state index in [0.717, 1.165) is 16.6 Å². The molecule has 0 unspecified atom stereocenters. The van der Waals surface area contributed by atoms with Gasteiger partial charge in [-0.15, -0.1) is 0 Å². The standard InChI is InChI=1S/C27H27F2N3O3/c1-16-6-4-7-17(26(16)29)13-30-27(35)22-12-18(28)14-32(22)24(34)15-31-20-9-3-2-8-19(20)25-21(31)10-5-11-23(25)33/h2-4,6-9,18,22H,5,10-15H2,1H3,(H,30,35)/t18-,22+/m1/s1. The van der Waals surface area contributed by atoms with Gasteiger partial charge in [-0.3, -0.25) is 14.4 Å². The first-order chi connectivity index (χ1) is 16.8. The Labute approximate surface area is 201 Å². The van der Waals surface area contributed by atoms with Crippen LogP contribution in [0.5, 0.6) is 0 Å². The van der Waals surface area contributed by atoms with E-state index in [4.69, 9.17) is 0 Å². The number of benzene rings is 2. The molecule has 0 spiro atoms. The van der Waals surface area contributed by atoms with Crippen LogP contribution in [0.4, 0.5) is 8.78 Å². The highest BCUT2D eigenvalue weighted by Gasteiger charge is 2.40. The van der Waals surface area contributed by atoms with Gasteiger partial charge >= 0.3 is 0 Å². The predicted octanol–water partition coefficient (Wildman–Crippen LogP) is 3.86. The number of ketones is 1. The number of carbonyl (C=O) groups is 3. The molecule has 5 rings (SSSR count). The number of aromatic nitrogens is 1. The van der Waals surface area contributed by atoms with Gasteiger partial charge in [0.2, 0.25) is 11.8 Å². The zero-order valence-electron chi connectivity index (χ0n) is 19.5. The minimum absolute atomic E-state index is 0.0420. The summed E-state index contributed by atoms with van der Waals surface area (Å²) in [5, 5.41) is 3.49. The van der Waals surface area contributed by atoms with Crippen LogP contribution in [0, 0.1) is 12.7 Å². The Morgan fingerprint density at radius 2 is 1.91 bits per heavy atom. The summed E-state index contributed by atoms with van der Waals surface area (Å²) < 4.78 is 30.5. The van der Waals surface area contributed by atoms with Gasteiger partial charge in [0.1, 0.15) is 24.6 Å². The lowest BCUT2D eigenvalue weighted by Gasteiger charge is -2.25. The number of aryl methyl sites for hydroxylation is 1. The molecule has 1 fully saturated rings. The number of hydrogen-bond acceptors (Lipinski definition) is 3. The lowest BCUT2D eigenvalue weighted by atomic mass is 9.94. The number of nitrogens with zero attached hydrogens (tertiary/aromatic N) is 2. The molecule has 0 saturated carbocycles. The number of para-hydroxylation sites is 1. The summed E-state index contributed by atoms with van der Waals surface area (Å²) in [6.45, 7) is 1.35. The fraction of sp³-hybridized carbons (Fsp3) is 0.370. The smallest absolute Gasteiger partial charge is 0.243 e. The van der Waals surface area contributed by atoms with E-state index >= 15 is 0 Å². The van der Waals surface area contributed by atoms with E-state index in [1.165, 1.54) is 4.90 Å². The van der Waals surface area contributed by atoms with Crippen molar-refractivity contribution in [2.75, 3.05) is 6.54 Å². The maximum atomic E-state index is 14.4. The summed E-state index contributed by atoms with van der Waals surface area (Å²) in [6, 6.07) is 11.4. The number of rotatable bonds is 5. The van der Waals surface area contributed by atoms with Crippen molar-refractivity contribution in [2.24, 2.45) is 0 Å². The van der Waals surface area contributed by atoms with E-state index in [1.54, 1.807) is 25.1 Å². The Morgan fingerprint density at radius 3 is 2.74 bits per heavy atom. The Kier molecular flexibility index (Phi) is 6.13. The second kappa shape index (κ2) is 9.24. The quantitative estimate of drug-likeness (QED) is 0.604. The first kappa shape index (κ1) is 23.2. The Balaban J connectivity index is 1.36. The molecule has 1 aliphatic carbocycles. The largest absolute Gasteiger partial charge is 0.350 e. The SMILES string of the molecule is Cc1cccc(CNC(=O)[C@@H]2C[C@@H](F)CN2C(=O)Cn2c3c(c4ccccc42)C(=O)CCC3)c1F. The summed E-state index contributed by atoms with van der Waals surface area (Å²) in [5.41, 5.74) is 3.08. The van der Waals surface area contributed by atoms with Crippen LogP contribution in [0.25, 0.3) is 10.9 Å². The molecule has 1 saturated heterocycles. The van der Waals surface area contributed by atoms with E-state index in [2.05, 4.69) is 5.32 Å². The van der Waals surface area contributed by atoms with E-state index in [0.29, 0.717) is 36.0 Å². The average Bonchev–Trinajstić information content (AvgIpc) is 3.39. The van der Waals surface area contributed by atoms with Crippen LogP contribution in [0.15, 0.2) is 42.5 Å². The fourth-order valence-electron chi connectivity index (χ4n) is 5.33. The zero-order valence-corrected chi connectivity index (χ0v) is 19.5. The Hall–Kier alpha value is -3.55. The second-order valence-electron chi connectivity index (χ2n) is 9.36. The Bertz CT molecular complexity index is 1330. The molecule has 0 radical (unpaired) electrons. The maximum Gasteiger partial charge on any atom is 0.243 e. The van der Waals surface area contributed by atoms with Gasteiger partial charge in [-0.1, -0.05) is 36.4 Å². The van der Waals surface area contributed by atoms with Crippen molar-refractivity contribution in [3.8, 4) is 0 Å². The molecule has 182 valence electrons. The molecule has 2 heterocycles. The van der Waals surface area contributed by atoms with E-state index in [-0.39, 0.29) is 37.7 Å². The number of nitrogens with one attached hydrogen (secondary N) is 1. The van der Waals surface area contributed by atoms with Crippen molar-refractivity contribution >= 4 is 28.5 Å². The summed E-state index contributed by atoms with van der Waals surface area (Å²) in [7, 11) is 0. The van der Waals surface area contributed by atoms with Gasteiger partial charge in [0, 0.05) is 47.1 Å². The number of fused-ring (bicyclic) bond motifs is 3. The van der Waals surface area contributed by atoms with Crippen LogP contribution >= 0.6 is 0 Å². The molecule has 1 aliphatic heterocycles. The molecule has 2 aliphatic rings. The van der Waals surface area contributed by atoms with E-state index < -0.39 is 23.9 Å². The molecule has 2 amide bonds. The van der Waals surface area contributed by atoms with Gasteiger partial charge in [-0.2, -0.15) is 0 Å². The maximum absolute atomic E-state index is 14.4. The highest BCUT2D eigenvalue weighted by Crippen LogP contribution is 2.32. The zero-order chi connectivity index (χ0) is 24.7. The van der Waals surface area contributed by atoms with Crippen molar-refractivity contribution in [3.05, 3.63) is 70.7 Å². The molecular weight excluding hydrogens is 452 g/mol. The molecule has 8 heteroatoms. The third kappa shape index (κ3) is 4.22. The summed E-state index contributed by atoms with van der Waals surface area (Å²) >= 11 is 0. The molecule has 1 N–H and O–H groups in total. The number of halogens is 2. The average molecular weight is 480 g/mol. The number of Topliss-reactive ketones (excluding diaryl/α,β-unsaturated/α-hetero) is 1. The van der Waals surface area contributed by atoms with Crippen molar-refractivity contribution in [2.45, 2.75) is 57.9 Å². The monoisotopic (exact) mass is 479 g/mol. The van der Waals surface area contributed by atoms with Crippen LogP contribution in [-0.4, -0.2) is 45.8 Å². The topological polar surface area (TPSA) is 71.4 Å². The summed E-state index contributed by atoms with van der Waals surface area (Å²) in [6.07, 6.45) is 0.460. The van der Waals surface area contributed by atoms with Crippen LogP contribution in [0.2, 0.25) is 0 Å². The van der Waals surface area contributed by atoms with Crippen LogP contribution in [0.1, 0.15) is 46.4 Å². The first-order valence-corrected chi connectivity index (χ1v) is 11.9. The lowest BCUT2D eigenvalue weighted by molar-refractivity contribution is -0.139. The lowest BCUT2D eigenvalue weighted by Crippen LogP contribution is -2.47. The second-order valence-corrected chi connectivity index (χ2v) is 9.36. The van der Waals surface area contributed by atoms with Crippen molar-refractivity contribution in [3.63, 3.8) is 0 Å². The number of alkyl halides is 1. The van der Waals surface area contributed by atoms with Gasteiger partial charge in [-0.05, 0) is 31.4 Å². The molecule has 3 aromatic rings. The van der Waals surface area contributed by atoms with Gasteiger partial charge in [0.05, 0.1) is 6.54 Å². The van der Waals surface area contributed by atoms with Crippen molar-refractivity contribution in [1.82, 2.24) is 14.8 Å². The van der Waals surface area contributed by atoms with Gasteiger partial charge in [-0.25, -0.2) is 8.78 Å². The fourth-order valence-corrected chi connectivity index (χ4v) is 5.33. The molecule has 1 aromatic heterocycles. The number of amides is 2. The Morgan fingerprint density at radius 1 is 1.11 bits per heavy atom. The minimum Gasteiger partial charge on any atom is -0.350 e. The van der Waals surface area contributed by atoms with Gasteiger partial charge < -0.3 is 14.8 Å². The normalized spacial score (nSPS) is 19.7. The first-order valence-electron chi connectivity index (χ1n) is 11.9. The number of carbonyl (C=O) groups excluding carboxylic acids is 3. The molecule has 2 aromatic carbocycles. The number of likely N-dealkylation sites (tertiary alicyclic amines) is 1. The van der Waals surface area contributed by atoms with Crippen molar-refractivity contribution in [1.29, 1.82) is 0 Å². The minimum atomic E-state index is -1.32. The van der Waals surface area contributed by atoms with Crippen LogP contribution < -0.4 is 5.32 Å². The van der Waals surface area contributed by atoms with E-state index in [1.807, 2.05) is 28.8 Å². The van der Waals surface area contributed by atoms with Gasteiger partial charge in [0.25, 0.3) is 0 Å². The molecule has 2 atom stereocenters.